The number of hydrogen-bond acceptors (Lipinski definition) is 3. The van der Waals surface area contributed by atoms with Crippen LogP contribution in [-0.4, -0.2) is 26.1 Å². The summed E-state index contributed by atoms with van der Waals surface area (Å²) in [7, 11) is 0. The number of aromatic nitrogens is 4. The quantitative estimate of drug-likeness (QED) is 0.367. The van der Waals surface area contributed by atoms with Crippen molar-refractivity contribution in [2.45, 2.75) is 13.5 Å². The number of para-hydroxylation sites is 1. The van der Waals surface area contributed by atoms with E-state index in [2.05, 4.69) is 25.5 Å². The van der Waals surface area contributed by atoms with Crippen LogP contribution in [0.5, 0.6) is 0 Å². The number of carbonyl (C=O) groups excluding carboxylic acids is 1. The maximum Gasteiger partial charge on any atom is 0.251 e. The van der Waals surface area contributed by atoms with E-state index in [0.717, 1.165) is 16.4 Å². The minimum atomic E-state index is -0.440. The van der Waals surface area contributed by atoms with Crippen molar-refractivity contribution in [3.05, 3.63) is 82.1 Å². The third-order valence-electron chi connectivity index (χ3n) is 5.25. The second-order valence-electron chi connectivity index (χ2n) is 7.30. The molecule has 0 spiro atoms. The van der Waals surface area contributed by atoms with E-state index in [0.29, 0.717) is 38.7 Å². The molecule has 8 heteroatoms. The summed E-state index contributed by atoms with van der Waals surface area (Å²) in [6, 6.07) is 15.9. The summed E-state index contributed by atoms with van der Waals surface area (Å²) >= 11 is 5.86. The average Bonchev–Trinajstić information content (AvgIpc) is 3.36. The van der Waals surface area contributed by atoms with E-state index in [-0.39, 0.29) is 12.5 Å². The number of benzene rings is 3. The van der Waals surface area contributed by atoms with Crippen LogP contribution in [-0.2, 0) is 6.54 Å². The number of fused-ring (bicyclic) bond motifs is 2. The van der Waals surface area contributed by atoms with Crippen molar-refractivity contribution in [1.82, 2.24) is 25.5 Å². The predicted octanol–water partition coefficient (Wildman–Crippen LogP) is 5.14. The number of aromatic amines is 2. The molecule has 1 amide bonds. The highest BCUT2D eigenvalue weighted by Gasteiger charge is 2.15. The Bertz CT molecular complexity index is 1430. The van der Waals surface area contributed by atoms with Gasteiger partial charge in [0, 0.05) is 28.1 Å². The molecule has 2 aromatic heterocycles. The number of carbonyl (C=O) groups is 1. The summed E-state index contributed by atoms with van der Waals surface area (Å²) in [5.41, 5.74) is 4.61. The van der Waals surface area contributed by atoms with E-state index in [4.69, 9.17) is 11.6 Å². The lowest BCUT2D eigenvalue weighted by Crippen LogP contribution is -2.23. The minimum Gasteiger partial charge on any atom is -0.348 e. The third-order valence-corrected chi connectivity index (χ3v) is 5.47. The highest BCUT2D eigenvalue weighted by atomic mass is 35.5. The van der Waals surface area contributed by atoms with Gasteiger partial charge in [0.1, 0.15) is 11.5 Å². The molecule has 3 aromatic carbocycles. The summed E-state index contributed by atoms with van der Waals surface area (Å²) in [6.45, 7) is 1.83. The van der Waals surface area contributed by atoms with Crippen molar-refractivity contribution in [1.29, 1.82) is 0 Å². The molecule has 5 rings (SSSR count). The van der Waals surface area contributed by atoms with Crippen molar-refractivity contribution in [2.24, 2.45) is 0 Å². The Hall–Kier alpha value is -3.71. The SMILES string of the molecule is Cc1cc(Cl)cc(F)c1CNC(=O)c1ccc2nc(-c3n[nH]c4ccccc34)[nH]c2c1. The van der Waals surface area contributed by atoms with Gasteiger partial charge in [0.05, 0.1) is 16.6 Å². The summed E-state index contributed by atoms with van der Waals surface area (Å²) in [5.74, 6) is -0.133. The van der Waals surface area contributed by atoms with Gasteiger partial charge in [-0.3, -0.25) is 9.89 Å². The van der Waals surface area contributed by atoms with E-state index in [1.807, 2.05) is 24.3 Å². The van der Waals surface area contributed by atoms with Gasteiger partial charge in [-0.05, 0) is 48.9 Å². The average molecular weight is 434 g/mol. The molecule has 0 saturated heterocycles. The van der Waals surface area contributed by atoms with Gasteiger partial charge in [-0.1, -0.05) is 29.8 Å². The van der Waals surface area contributed by atoms with Crippen LogP contribution in [0, 0.1) is 12.7 Å². The lowest BCUT2D eigenvalue weighted by Gasteiger charge is -2.10. The minimum absolute atomic E-state index is 0.0686. The van der Waals surface area contributed by atoms with Crippen LogP contribution in [0.4, 0.5) is 4.39 Å². The summed E-state index contributed by atoms with van der Waals surface area (Å²) in [5, 5.41) is 11.4. The van der Waals surface area contributed by atoms with E-state index < -0.39 is 5.82 Å². The predicted molar refractivity (Wildman–Crippen MR) is 118 cm³/mol. The zero-order chi connectivity index (χ0) is 21.5. The van der Waals surface area contributed by atoms with Crippen molar-refractivity contribution < 1.29 is 9.18 Å². The van der Waals surface area contributed by atoms with Gasteiger partial charge in [0.15, 0.2) is 5.82 Å². The van der Waals surface area contributed by atoms with Gasteiger partial charge >= 0.3 is 0 Å². The standard InChI is InChI=1S/C23H17ClFN5O/c1-12-8-14(24)10-17(25)16(12)11-26-23(31)13-6-7-19-20(9-13)28-22(27-19)21-15-4-2-3-5-18(15)29-30-21/h2-10H,11H2,1H3,(H,26,31)(H,27,28)(H,29,30). The van der Waals surface area contributed by atoms with Crippen LogP contribution in [0.1, 0.15) is 21.5 Å². The van der Waals surface area contributed by atoms with Gasteiger partial charge in [0.25, 0.3) is 5.91 Å². The zero-order valence-electron chi connectivity index (χ0n) is 16.5. The molecule has 0 radical (unpaired) electrons. The normalized spacial score (nSPS) is 11.3. The molecule has 0 atom stereocenters. The highest BCUT2D eigenvalue weighted by Crippen LogP contribution is 2.26. The number of rotatable bonds is 4. The van der Waals surface area contributed by atoms with Crippen LogP contribution in [0.15, 0.2) is 54.6 Å². The van der Waals surface area contributed by atoms with Crippen LogP contribution >= 0.6 is 11.6 Å². The molecule has 0 unspecified atom stereocenters. The Balaban J connectivity index is 1.40. The fourth-order valence-electron chi connectivity index (χ4n) is 3.63. The van der Waals surface area contributed by atoms with Crippen LogP contribution < -0.4 is 5.32 Å². The van der Waals surface area contributed by atoms with E-state index >= 15 is 0 Å². The topological polar surface area (TPSA) is 86.5 Å². The summed E-state index contributed by atoms with van der Waals surface area (Å²) in [6.07, 6.45) is 0. The molecule has 0 aliphatic rings. The van der Waals surface area contributed by atoms with Gasteiger partial charge in [-0.15, -0.1) is 0 Å². The van der Waals surface area contributed by atoms with Crippen LogP contribution in [0.25, 0.3) is 33.5 Å². The van der Waals surface area contributed by atoms with Gasteiger partial charge in [-0.25, -0.2) is 9.37 Å². The first kappa shape index (κ1) is 19.3. The molecule has 5 aromatic rings. The Morgan fingerprint density at radius 3 is 2.81 bits per heavy atom. The summed E-state index contributed by atoms with van der Waals surface area (Å²) < 4.78 is 14.2. The van der Waals surface area contributed by atoms with E-state index in [1.165, 1.54) is 6.07 Å². The molecule has 2 heterocycles. The molecule has 0 fully saturated rings. The molecular formula is C23H17ClFN5O. The lowest BCUT2D eigenvalue weighted by atomic mass is 10.1. The fraction of sp³-hybridized carbons (Fsp3) is 0.0870. The number of nitrogens with zero attached hydrogens (tertiary/aromatic N) is 2. The number of nitrogens with one attached hydrogen (secondary N) is 3. The molecule has 3 N–H and O–H groups in total. The third kappa shape index (κ3) is 3.53. The van der Waals surface area contributed by atoms with Gasteiger partial charge in [-0.2, -0.15) is 5.10 Å². The maximum absolute atomic E-state index is 14.2. The highest BCUT2D eigenvalue weighted by molar-refractivity contribution is 6.30. The first-order valence-corrected chi connectivity index (χ1v) is 10.0. The molecule has 0 bridgehead atoms. The number of imidazole rings is 1. The number of hydrogen-bond donors (Lipinski definition) is 3. The van der Waals surface area contributed by atoms with Gasteiger partial charge < -0.3 is 10.3 Å². The van der Waals surface area contributed by atoms with Crippen molar-refractivity contribution in [2.75, 3.05) is 0 Å². The molecule has 6 nitrogen and oxygen atoms in total. The smallest absolute Gasteiger partial charge is 0.251 e. The Kier molecular flexibility index (Phi) is 4.67. The number of aryl methyl sites for hydroxylation is 1. The first-order valence-electron chi connectivity index (χ1n) is 9.65. The van der Waals surface area contributed by atoms with E-state index in [9.17, 15) is 9.18 Å². The molecule has 31 heavy (non-hydrogen) atoms. The molecule has 0 aliphatic heterocycles. The Morgan fingerprint density at radius 1 is 1.13 bits per heavy atom. The van der Waals surface area contributed by atoms with Crippen molar-refractivity contribution >= 4 is 39.4 Å². The van der Waals surface area contributed by atoms with Crippen molar-refractivity contribution in [3.8, 4) is 11.5 Å². The van der Waals surface area contributed by atoms with Gasteiger partial charge in [0.2, 0.25) is 0 Å². The van der Waals surface area contributed by atoms with Crippen LogP contribution in [0.2, 0.25) is 5.02 Å². The fourth-order valence-corrected chi connectivity index (χ4v) is 3.89. The molecule has 0 saturated carbocycles. The van der Waals surface area contributed by atoms with E-state index in [1.54, 1.807) is 31.2 Å². The number of halogens is 2. The second kappa shape index (κ2) is 7.52. The number of H-pyrrole nitrogens is 2. The largest absolute Gasteiger partial charge is 0.348 e. The molecule has 154 valence electrons. The Labute approximate surface area is 181 Å². The summed E-state index contributed by atoms with van der Waals surface area (Å²) in [4.78, 5) is 20.5. The van der Waals surface area contributed by atoms with Crippen LogP contribution in [0.3, 0.4) is 0 Å². The zero-order valence-corrected chi connectivity index (χ0v) is 17.2. The molecule has 0 aliphatic carbocycles. The maximum atomic E-state index is 14.2. The number of amides is 1. The first-order chi connectivity index (χ1) is 15.0. The lowest BCUT2D eigenvalue weighted by molar-refractivity contribution is 0.0950. The van der Waals surface area contributed by atoms with Crippen molar-refractivity contribution in [3.63, 3.8) is 0 Å². The molecular weight excluding hydrogens is 417 g/mol. The second-order valence-corrected chi connectivity index (χ2v) is 7.74. The Morgan fingerprint density at radius 2 is 1.97 bits per heavy atom. The monoisotopic (exact) mass is 433 g/mol.